The third kappa shape index (κ3) is 1.90. The van der Waals surface area contributed by atoms with Crippen molar-refractivity contribution in [2.24, 2.45) is 0 Å². The standard InChI is InChI=1S/C12H9N5/c1-2-4-9(5-3-1)17-12-11-10(14-8-16-12)6-13-7-15-11/h1-8H,(H,14,16,17). The molecule has 3 rings (SSSR count). The molecular formula is C12H9N5. The van der Waals surface area contributed by atoms with Gasteiger partial charge >= 0.3 is 0 Å². The largest absolute Gasteiger partial charge is 0.338 e. The lowest BCUT2D eigenvalue weighted by Crippen LogP contribution is -1.97. The van der Waals surface area contributed by atoms with Gasteiger partial charge in [0.25, 0.3) is 0 Å². The Labute approximate surface area is 97.6 Å². The number of rotatable bonds is 2. The molecule has 0 unspecified atom stereocenters. The van der Waals surface area contributed by atoms with Crippen LogP contribution < -0.4 is 5.32 Å². The second-order valence-corrected chi connectivity index (χ2v) is 3.47. The summed E-state index contributed by atoms with van der Waals surface area (Å²) in [5, 5.41) is 3.21. The lowest BCUT2D eigenvalue weighted by atomic mass is 10.3. The zero-order chi connectivity index (χ0) is 11.5. The van der Waals surface area contributed by atoms with Gasteiger partial charge in [0.15, 0.2) is 5.82 Å². The molecular weight excluding hydrogens is 214 g/mol. The van der Waals surface area contributed by atoms with Crippen molar-refractivity contribution in [1.82, 2.24) is 19.9 Å². The van der Waals surface area contributed by atoms with E-state index in [0.717, 1.165) is 11.2 Å². The number of aromatic nitrogens is 4. The number of benzene rings is 1. The lowest BCUT2D eigenvalue weighted by molar-refractivity contribution is 1.15. The van der Waals surface area contributed by atoms with Gasteiger partial charge in [-0.05, 0) is 12.1 Å². The molecule has 0 spiro atoms. The Morgan fingerprint density at radius 1 is 0.882 bits per heavy atom. The van der Waals surface area contributed by atoms with E-state index < -0.39 is 0 Å². The van der Waals surface area contributed by atoms with E-state index in [1.165, 1.54) is 12.7 Å². The van der Waals surface area contributed by atoms with Crippen LogP contribution in [-0.4, -0.2) is 19.9 Å². The fourth-order valence-corrected chi connectivity index (χ4v) is 1.56. The third-order valence-corrected chi connectivity index (χ3v) is 2.34. The molecule has 0 aliphatic heterocycles. The van der Waals surface area contributed by atoms with Gasteiger partial charge in [0.05, 0.1) is 6.20 Å². The average molecular weight is 223 g/mol. The van der Waals surface area contributed by atoms with Gasteiger partial charge in [-0.2, -0.15) is 0 Å². The molecule has 17 heavy (non-hydrogen) atoms. The molecule has 1 aromatic carbocycles. The molecule has 2 aromatic heterocycles. The minimum atomic E-state index is 0.684. The molecule has 3 aromatic rings. The van der Waals surface area contributed by atoms with Gasteiger partial charge in [0.2, 0.25) is 0 Å². The van der Waals surface area contributed by atoms with E-state index in [0.29, 0.717) is 11.3 Å². The van der Waals surface area contributed by atoms with Crippen LogP contribution in [-0.2, 0) is 0 Å². The number of hydrogen-bond acceptors (Lipinski definition) is 5. The number of nitrogens with zero attached hydrogens (tertiary/aromatic N) is 4. The summed E-state index contributed by atoms with van der Waals surface area (Å²) in [5.41, 5.74) is 2.40. The van der Waals surface area contributed by atoms with E-state index in [1.807, 2.05) is 30.3 Å². The highest BCUT2D eigenvalue weighted by Gasteiger charge is 2.04. The van der Waals surface area contributed by atoms with Crippen LogP contribution in [0.4, 0.5) is 11.5 Å². The number of fused-ring (bicyclic) bond motifs is 1. The van der Waals surface area contributed by atoms with E-state index in [1.54, 1.807) is 6.20 Å². The van der Waals surface area contributed by atoms with Gasteiger partial charge in [-0.25, -0.2) is 19.9 Å². The SMILES string of the molecule is c1ccc(Nc2ncnc3cncnc23)cc1. The molecule has 5 heteroatoms. The number of para-hydroxylation sites is 1. The number of anilines is 2. The quantitative estimate of drug-likeness (QED) is 0.721. The zero-order valence-corrected chi connectivity index (χ0v) is 8.91. The molecule has 0 aliphatic carbocycles. The monoisotopic (exact) mass is 223 g/mol. The maximum Gasteiger partial charge on any atom is 0.160 e. The molecule has 0 fully saturated rings. The highest BCUT2D eigenvalue weighted by Crippen LogP contribution is 2.19. The van der Waals surface area contributed by atoms with Gasteiger partial charge in [-0.1, -0.05) is 18.2 Å². The van der Waals surface area contributed by atoms with E-state index >= 15 is 0 Å². The highest BCUT2D eigenvalue weighted by molar-refractivity contribution is 5.85. The summed E-state index contributed by atoms with van der Waals surface area (Å²) >= 11 is 0. The Hall–Kier alpha value is -2.56. The summed E-state index contributed by atoms with van der Waals surface area (Å²) < 4.78 is 0. The minimum absolute atomic E-state index is 0.684. The highest BCUT2D eigenvalue weighted by atomic mass is 15.0. The van der Waals surface area contributed by atoms with Gasteiger partial charge in [-0.3, -0.25) is 0 Å². The van der Waals surface area contributed by atoms with Gasteiger partial charge < -0.3 is 5.32 Å². The molecule has 1 N–H and O–H groups in total. The number of hydrogen-bond donors (Lipinski definition) is 1. The van der Waals surface area contributed by atoms with Crippen LogP contribution >= 0.6 is 0 Å². The molecule has 0 atom stereocenters. The van der Waals surface area contributed by atoms with Gasteiger partial charge in [-0.15, -0.1) is 0 Å². The van der Waals surface area contributed by atoms with Crippen LogP contribution in [0.1, 0.15) is 0 Å². The third-order valence-electron chi connectivity index (χ3n) is 2.34. The molecule has 82 valence electrons. The second-order valence-electron chi connectivity index (χ2n) is 3.47. The minimum Gasteiger partial charge on any atom is -0.338 e. The lowest BCUT2D eigenvalue weighted by Gasteiger charge is -2.06. The van der Waals surface area contributed by atoms with Crippen molar-refractivity contribution in [2.45, 2.75) is 0 Å². The Morgan fingerprint density at radius 2 is 1.76 bits per heavy atom. The van der Waals surface area contributed by atoms with Crippen molar-refractivity contribution in [3.8, 4) is 0 Å². The second kappa shape index (κ2) is 4.13. The molecule has 0 saturated carbocycles. The predicted molar refractivity (Wildman–Crippen MR) is 64.9 cm³/mol. The molecule has 2 heterocycles. The molecule has 0 saturated heterocycles. The van der Waals surface area contributed by atoms with Gasteiger partial charge in [0.1, 0.15) is 23.7 Å². The first kappa shape index (κ1) is 9.65. The Bertz CT molecular complexity index is 633. The van der Waals surface area contributed by atoms with Crippen LogP contribution in [0.5, 0.6) is 0 Å². The van der Waals surface area contributed by atoms with Crippen LogP contribution in [0.3, 0.4) is 0 Å². The Balaban J connectivity index is 2.06. The molecule has 0 aliphatic rings. The van der Waals surface area contributed by atoms with Crippen LogP contribution in [0, 0.1) is 0 Å². The van der Waals surface area contributed by atoms with Crippen molar-refractivity contribution in [3.05, 3.63) is 49.2 Å². The van der Waals surface area contributed by atoms with Crippen molar-refractivity contribution in [2.75, 3.05) is 5.32 Å². The topological polar surface area (TPSA) is 63.6 Å². The van der Waals surface area contributed by atoms with Crippen LogP contribution in [0.2, 0.25) is 0 Å². The van der Waals surface area contributed by atoms with Crippen molar-refractivity contribution in [3.63, 3.8) is 0 Å². The smallest absolute Gasteiger partial charge is 0.160 e. The fourth-order valence-electron chi connectivity index (χ4n) is 1.56. The van der Waals surface area contributed by atoms with E-state index in [9.17, 15) is 0 Å². The fraction of sp³-hybridized carbons (Fsp3) is 0. The molecule has 0 amide bonds. The van der Waals surface area contributed by atoms with E-state index in [2.05, 4.69) is 25.3 Å². The Kier molecular flexibility index (Phi) is 2.34. The summed E-state index contributed by atoms with van der Waals surface area (Å²) in [5.74, 6) is 0.684. The van der Waals surface area contributed by atoms with Crippen LogP contribution in [0.25, 0.3) is 11.0 Å². The predicted octanol–water partition coefficient (Wildman–Crippen LogP) is 2.16. The normalized spacial score (nSPS) is 10.4. The van der Waals surface area contributed by atoms with Crippen molar-refractivity contribution < 1.29 is 0 Å². The van der Waals surface area contributed by atoms with E-state index in [4.69, 9.17) is 0 Å². The molecule has 0 radical (unpaired) electrons. The Morgan fingerprint density at radius 3 is 2.65 bits per heavy atom. The molecule has 5 nitrogen and oxygen atoms in total. The zero-order valence-electron chi connectivity index (χ0n) is 8.91. The first-order valence-electron chi connectivity index (χ1n) is 5.16. The maximum absolute atomic E-state index is 4.19. The van der Waals surface area contributed by atoms with E-state index in [-0.39, 0.29) is 0 Å². The van der Waals surface area contributed by atoms with Crippen LogP contribution in [0.15, 0.2) is 49.2 Å². The summed E-state index contributed by atoms with van der Waals surface area (Å²) in [6, 6.07) is 9.82. The van der Waals surface area contributed by atoms with Gasteiger partial charge in [0, 0.05) is 5.69 Å². The summed E-state index contributed by atoms with van der Waals surface area (Å²) in [6.07, 6.45) is 4.65. The summed E-state index contributed by atoms with van der Waals surface area (Å²) in [6.45, 7) is 0. The summed E-state index contributed by atoms with van der Waals surface area (Å²) in [4.78, 5) is 16.4. The first-order valence-corrected chi connectivity index (χ1v) is 5.16. The molecule has 0 bridgehead atoms. The maximum atomic E-state index is 4.19. The summed E-state index contributed by atoms with van der Waals surface area (Å²) in [7, 11) is 0. The van der Waals surface area contributed by atoms with Crippen molar-refractivity contribution >= 4 is 22.5 Å². The number of nitrogens with one attached hydrogen (secondary N) is 1. The first-order chi connectivity index (χ1) is 8.43. The van der Waals surface area contributed by atoms with Crippen molar-refractivity contribution in [1.29, 1.82) is 0 Å². The average Bonchev–Trinajstić information content (AvgIpc) is 2.40.